The molecule has 0 fully saturated rings. The molecule has 0 saturated carbocycles. The molecule has 0 unspecified atom stereocenters. The fourth-order valence-electron chi connectivity index (χ4n) is 2.32. The van der Waals surface area contributed by atoms with Crippen molar-refractivity contribution in [2.45, 2.75) is 0 Å². The number of aliphatic imine (C=N–C) groups is 1. The van der Waals surface area contributed by atoms with Crippen molar-refractivity contribution in [2.75, 3.05) is 19.5 Å². The first-order chi connectivity index (χ1) is 12.2. The number of hydrogen-bond donors (Lipinski definition) is 3. The van der Waals surface area contributed by atoms with E-state index < -0.39 is 0 Å². The predicted octanol–water partition coefficient (Wildman–Crippen LogP) is 3.15. The maximum Gasteiger partial charge on any atom is 0.200 e. The van der Waals surface area contributed by atoms with Crippen LogP contribution in [0.1, 0.15) is 0 Å². The Morgan fingerprint density at radius 3 is 2.56 bits per heavy atom. The van der Waals surface area contributed by atoms with Crippen LogP contribution in [0.5, 0.6) is 11.5 Å². The number of para-hydroxylation sites is 2. The van der Waals surface area contributed by atoms with Crippen molar-refractivity contribution in [2.24, 2.45) is 10.7 Å². The maximum atomic E-state index is 5.96. The summed E-state index contributed by atoms with van der Waals surface area (Å²) in [4.78, 5) is 4.27. The van der Waals surface area contributed by atoms with Crippen LogP contribution in [0.15, 0.2) is 59.6 Å². The quantitative estimate of drug-likeness (QED) is 0.491. The Labute approximate surface area is 145 Å². The third-order valence-electron chi connectivity index (χ3n) is 3.57. The van der Waals surface area contributed by atoms with E-state index in [1.807, 2.05) is 54.6 Å². The van der Waals surface area contributed by atoms with Crippen LogP contribution in [0, 0.1) is 0 Å². The fourth-order valence-corrected chi connectivity index (χ4v) is 2.32. The number of aromatic nitrogens is 2. The number of rotatable bonds is 5. The topological polar surface area (TPSA) is 97.6 Å². The minimum atomic E-state index is 0.220. The molecule has 0 radical (unpaired) electrons. The smallest absolute Gasteiger partial charge is 0.200 e. The lowest BCUT2D eigenvalue weighted by atomic mass is 10.1. The molecule has 0 atom stereocenters. The summed E-state index contributed by atoms with van der Waals surface area (Å²) in [5.41, 5.74) is 8.51. The van der Waals surface area contributed by atoms with Gasteiger partial charge >= 0.3 is 0 Å². The summed E-state index contributed by atoms with van der Waals surface area (Å²) in [6.45, 7) is 0. The number of anilines is 1. The van der Waals surface area contributed by atoms with Crippen LogP contribution in [0.3, 0.4) is 0 Å². The van der Waals surface area contributed by atoms with Crippen LogP contribution in [-0.2, 0) is 0 Å². The lowest BCUT2D eigenvalue weighted by Gasteiger charge is -2.09. The number of aromatic amines is 1. The van der Waals surface area contributed by atoms with Gasteiger partial charge in [-0.3, -0.25) is 5.10 Å². The number of H-pyrrole nitrogens is 1. The molecule has 3 aromatic rings. The SMILES string of the molecule is COc1ccc(-c2cc(N=C(N)Nc3ccccc3OC)n[nH]2)cc1. The first-order valence-electron chi connectivity index (χ1n) is 7.63. The summed E-state index contributed by atoms with van der Waals surface area (Å²) in [7, 11) is 3.23. The predicted molar refractivity (Wildman–Crippen MR) is 98.5 cm³/mol. The van der Waals surface area contributed by atoms with E-state index in [0.29, 0.717) is 11.6 Å². The van der Waals surface area contributed by atoms with E-state index in [9.17, 15) is 0 Å². The van der Waals surface area contributed by atoms with Crippen molar-refractivity contribution in [3.05, 3.63) is 54.6 Å². The molecule has 25 heavy (non-hydrogen) atoms. The van der Waals surface area contributed by atoms with Gasteiger partial charge in [-0.1, -0.05) is 12.1 Å². The number of hydrogen-bond acceptors (Lipinski definition) is 4. The summed E-state index contributed by atoms with van der Waals surface area (Å²) < 4.78 is 10.4. The zero-order valence-electron chi connectivity index (χ0n) is 14.0. The van der Waals surface area contributed by atoms with Crippen molar-refractivity contribution >= 4 is 17.5 Å². The average Bonchev–Trinajstić information content (AvgIpc) is 3.10. The largest absolute Gasteiger partial charge is 0.497 e. The van der Waals surface area contributed by atoms with Gasteiger partial charge < -0.3 is 20.5 Å². The number of ether oxygens (including phenoxy) is 2. The average molecular weight is 337 g/mol. The molecule has 0 aliphatic carbocycles. The number of nitrogens with two attached hydrogens (primary N) is 1. The Bertz CT molecular complexity index is 871. The highest BCUT2D eigenvalue weighted by atomic mass is 16.5. The van der Waals surface area contributed by atoms with Crippen LogP contribution in [0.4, 0.5) is 11.5 Å². The number of guanidine groups is 1. The highest BCUT2D eigenvalue weighted by Crippen LogP contribution is 2.25. The second-order valence-electron chi connectivity index (χ2n) is 5.19. The molecule has 7 nitrogen and oxygen atoms in total. The van der Waals surface area contributed by atoms with Crippen LogP contribution in [0.2, 0.25) is 0 Å². The van der Waals surface area contributed by atoms with Gasteiger partial charge in [0.15, 0.2) is 11.8 Å². The summed E-state index contributed by atoms with van der Waals surface area (Å²) in [6, 6.07) is 16.9. The number of nitrogens with zero attached hydrogens (tertiary/aromatic N) is 2. The van der Waals surface area contributed by atoms with E-state index >= 15 is 0 Å². The highest BCUT2D eigenvalue weighted by Gasteiger charge is 2.06. The summed E-state index contributed by atoms with van der Waals surface area (Å²) in [5, 5.41) is 10.1. The zero-order valence-corrected chi connectivity index (χ0v) is 14.0. The minimum Gasteiger partial charge on any atom is -0.497 e. The Balaban J connectivity index is 1.76. The standard InChI is InChI=1S/C18H19N5O2/c1-24-13-9-7-12(8-10-13)15-11-17(23-22-15)21-18(19)20-14-5-3-4-6-16(14)25-2/h3-11H,1-2H3,(H4,19,20,21,22,23). The van der Waals surface area contributed by atoms with E-state index in [1.54, 1.807) is 14.2 Å². The van der Waals surface area contributed by atoms with Gasteiger partial charge in [0.25, 0.3) is 0 Å². The van der Waals surface area contributed by atoms with E-state index in [-0.39, 0.29) is 5.96 Å². The lowest BCUT2D eigenvalue weighted by Crippen LogP contribution is -2.22. The third-order valence-corrected chi connectivity index (χ3v) is 3.57. The molecule has 1 aromatic heterocycles. The van der Waals surface area contributed by atoms with Gasteiger partial charge in [0.05, 0.1) is 25.6 Å². The van der Waals surface area contributed by atoms with Crippen molar-refractivity contribution in [3.8, 4) is 22.8 Å². The Morgan fingerprint density at radius 1 is 1.08 bits per heavy atom. The van der Waals surface area contributed by atoms with E-state index in [0.717, 1.165) is 22.7 Å². The normalized spacial score (nSPS) is 11.2. The second-order valence-corrected chi connectivity index (χ2v) is 5.19. The maximum absolute atomic E-state index is 5.96. The van der Waals surface area contributed by atoms with E-state index in [1.165, 1.54) is 0 Å². The Hall–Kier alpha value is -3.48. The Morgan fingerprint density at radius 2 is 1.84 bits per heavy atom. The van der Waals surface area contributed by atoms with Gasteiger partial charge in [0.2, 0.25) is 0 Å². The van der Waals surface area contributed by atoms with Crippen LogP contribution < -0.4 is 20.5 Å². The molecular weight excluding hydrogens is 318 g/mol. The Kier molecular flexibility index (Phi) is 4.84. The summed E-state index contributed by atoms with van der Waals surface area (Å²) in [6.07, 6.45) is 0. The van der Waals surface area contributed by atoms with Gasteiger partial charge in [-0.25, -0.2) is 0 Å². The van der Waals surface area contributed by atoms with E-state index in [4.69, 9.17) is 15.2 Å². The third kappa shape index (κ3) is 3.89. The second kappa shape index (κ2) is 7.39. The van der Waals surface area contributed by atoms with Gasteiger partial charge in [-0.2, -0.15) is 10.1 Å². The van der Waals surface area contributed by atoms with Gasteiger partial charge in [-0.05, 0) is 42.0 Å². The zero-order chi connectivity index (χ0) is 17.6. The fraction of sp³-hybridized carbons (Fsp3) is 0.111. The molecule has 0 saturated heterocycles. The summed E-state index contributed by atoms with van der Waals surface area (Å²) in [5.74, 6) is 2.18. The number of nitrogens with one attached hydrogen (secondary N) is 2. The minimum absolute atomic E-state index is 0.220. The molecule has 0 aliphatic heterocycles. The van der Waals surface area contributed by atoms with Crippen LogP contribution in [-0.4, -0.2) is 30.4 Å². The van der Waals surface area contributed by atoms with Crippen molar-refractivity contribution in [3.63, 3.8) is 0 Å². The summed E-state index contributed by atoms with van der Waals surface area (Å²) >= 11 is 0. The van der Waals surface area contributed by atoms with Gasteiger partial charge in [0.1, 0.15) is 11.5 Å². The van der Waals surface area contributed by atoms with Crippen molar-refractivity contribution in [1.29, 1.82) is 0 Å². The molecule has 1 heterocycles. The lowest BCUT2D eigenvalue weighted by molar-refractivity contribution is 0.415. The van der Waals surface area contributed by atoms with Crippen LogP contribution in [0.25, 0.3) is 11.3 Å². The van der Waals surface area contributed by atoms with Crippen molar-refractivity contribution in [1.82, 2.24) is 10.2 Å². The first kappa shape index (κ1) is 16.4. The number of benzene rings is 2. The molecule has 0 aliphatic rings. The molecule has 0 spiro atoms. The van der Waals surface area contributed by atoms with Gasteiger partial charge in [-0.15, -0.1) is 0 Å². The van der Waals surface area contributed by atoms with Gasteiger partial charge in [0, 0.05) is 6.07 Å². The van der Waals surface area contributed by atoms with E-state index in [2.05, 4.69) is 20.5 Å². The van der Waals surface area contributed by atoms with Crippen LogP contribution >= 0.6 is 0 Å². The molecule has 3 rings (SSSR count). The molecule has 0 bridgehead atoms. The molecule has 2 aromatic carbocycles. The molecule has 4 N–H and O–H groups in total. The highest BCUT2D eigenvalue weighted by molar-refractivity contribution is 5.95. The molecule has 7 heteroatoms. The monoisotopic (exact) mass is 337 g/mol. The molecule has 128 valence electrons. The first-order valence-corrected chi connectivity index (χ1v) is 7.63. The number of methoxy groups -OCH3 is 2. The molecular formula is C18H19N5O2. The van der Waals surface area contributed by atoms with Crippen molar-refractivity contribution < 1.29 is 9.47 Å². The molecule has 0 amide bonds.